The Morgan fingerprint density at radius 3 is 2.48 bits per heavy atom. The molecule has 1 heterocycles. The molecule has 6 heteroatoms. The predicted molar refractivity (Wildman–Crippen MR) is 102 cm³/mol. The SMILES string of the molecule is CCOc1ccc(Nc2nccc(NCc3ccc(Cl)cc3)n2)cc1. The highest BCUT2D eigenvalue weighted by atomic mass is 35.5. The van der Waals surface area contributed by atoms with Crippen molar-refractivity contribution >= 4 is 29.1 Å². The van der Waals surface area contributed by atoms with E-state index in [2.05, 4.69) is 20.6 Å². The molecular formula is C19H19ClN4O. The van der Waals surface area contributed by atoms with Crippen molar-refractivity contribution in [2.75, 3.05) is 17.2 Å². The van der Waals surface area contributed by atoms with Gasteiger partial charge in [-0.2, -0.15) is 4.98 Å². The fraction of sp³-hybridized carbons (Fsp3) is 0.158. The zero-order chi connectivity index (χ0) is 17.5. The molecule has 0 saturated heterocycles. The van der Waals surface area contributed by atoms with Crippen LogP contribution in [-0.4, -0.2) is 16.6 Å². The van der Waals surface area contributed by atoms with E-state index in [1.807, 2.05) is 61.5 Å². The van der Waals surface area contributed by atoms with Crippen molar-refractivity contribution in [3.05, 3.63) is 71.4 Å². The summed E-state index contributed by atoms with van der Waals surface area (Å²) in [5.74, 6) is 2.12. The van der Waals surface area contributed by atoms with E-state index in [1.54, 1.807) is 6.20 Å². The zero-order valence-corrected chi connectivity index (χ0v) is 14.6. The largest absolute Gasteiger partial charge is 0.494 e. The molecule has 2 N–H and O–H groups in total. The summed E-state index contributed by atoms with van der Waals surface area (Å²) >= 11 is 5.90. The van der Waals surface area contributed by atoms with Gasteiger partial charge in [0.05, 0.1) is 6.61 Å². The lowest BCUT2D eigenvalue weighted by atomic mass is 10.2. The monoisotopic (exact) mass is 354 g/mol. The van der Waals surface area contributed by atoms with Crippen molar-refractivity contribution in [1.29, 1.82) is 0 Å². The zero-order valence-electron chi connectivity index (χ0n) is 13.9. The maximum atomic E-state index is 5.90. The van der Waals surface area contributed by atoms with Gasteiger partial charge in [-0.05, 0) is 55.0 Å². The Morgan fingerprint density at radius 1 is 1.00 bits per heavy atom. The van der Waals surface area contributed by atoms with Crippen LogP contribution in [0.2, 0.25) is 5.02 Å². The van der Waals surface area contributed by atoms with Crippen LogP contribution >= 0.6 is 11.6 Å². The Morgan fingerprint density at radius 2 is 1.76 bits per heavy atom. The first kappa shape index (κ1) is 17.0. The molecule has 2 aromatic carbocycles. The molecular weight excluding hydrogens is 336 g/mol. The minimum atomic E-state index is 0.533. The van der Waals surface area contributed by atoms with Crippen LogP contribution in [0.3, 0.4) is 0 Å². The second-order valence-electron chi connectivity index (χ2n) is 5.33. The molecule has 25 heavy (non-hydrogen) atoms. The topological polar surface area (TPSA) is 59.1 Å². The number of aromatic nitrogens is 2. The average molecular weight is 355 g/mol. The lowest BCUT2D eigenvalue weighted by molar-refractivity contribution is 0.340. The van der Waals surface area contributed by atoms with Crippen molar-refractivity contribution in [2.45, 2.75) is 13.5 Å². The molecule has 0 aliphatic heterocycles. The highest BCUT2D eigenvalue weighted by molar-refractivity contribution is 6.30. The van der Waals surface area contributed by atoms with Crippen molar-refractivity contribution in [3.63, 3.8) is 0 Å². The van der Waals surface area contributed by atoms with Gasteiger partial charge in [-0.3, -0.25) is 0 Å². The summed E-state index contributed by atoms with van der Waals surface area (Å²) in [6, 6.07) is 17.2. The fourth-order valence-corrected chi connectivity index (χ4v) is 2.37. The summed E-state index contributed by atoms with van der Waals surface area (Å²) < 4.78 is 5.43. The Hall–Kier alpha value is -2.79. The number of halogens is 1. The summed E-state index contributed by atoms with van der Waals surface area (Å²) in [5.41, 5.74) is 2.03. The van der Waals surface area contributed by atoms with Gasteiger partial charge in [0.25, 0.3) is 0 Å². The summed E-state index contributed by atoms with van der Waals surface area (Å²) in [4.78, 5) is 8.72. The molecule has 3 rings (SSSR count). The van der Waals surface area contributed by atoms with Gasteiger partial charge in [-0.1, -0.05) is 23.7 Å². The van der Waals surface area contributed by atoms with Gasteiger partial charge in [0.2, 0.25) is 5.95 Å². The third-order valence-corrected chi connectivity index (χ3v) is 3.72. The molecule has 0 fully saturated rings. The Kier molecular flexibility index (Phi) is 5.69. The number of nitrogens with zero attached hydrogens (tertiary/aromatic N) is 2. The van der Waals surface area contributed by atoms with Crippen molar-refractivity contribution < 1.29 is 4.74 Å². The fourth-order valence-electron chi connectivity index (χ4n) is 2.24. The summed E-state index contributed by atoms with van der Waals surface area (Å²) in [6.07, 6.45) is 1.72. The van der Waals surface area contributed by atoms with Crippen LogP contribution in [0.25, 0.3) is 0 Å². The Labute approximate surface area is 152 Å². The van der Waals surface area contributed by atoms with Crippen LogP contribution in [0, 0.1) is 0 Å². The van der Waals surface area contributed by atoms with E-state index < -0.39 is 0 Å². The van der Waals surface area contributed by atoms with E-state index in [4.69, 9.17) is 16.3 Å². The number of anilines is 3. The molecule has 5 nitrogen and oxygen atoms in total. The molecule has 0 amide bonds. The highest BCUT2D eigenvalue weighted by Crippen LogP contribution is 2.19. The molecule has 0 radical (unpaired) electrons. The third kappa shape index (κ3) is 5.09. The van der Waals surface area contributed by atoms with Gasteiger partial charge in [-0.15, -0.1) is 0 Å². The van der Waals surface area contributed by atoms with E-state index in [9.17, 15) is 0 Å². The number of ether oxygens (including phenoxy) is 1. The maximum absolute atomic E-state index is 5.90. The molecule has 0 aliphatic carbocycles. The minimum Gasteiger partial charge on any atom is -0.494 e. The number of rotatable bonds is 7. The van der Waals surface area contributed by atoms with Crippen molar-refractivity contribution in [2.24, 2.45) is 0 Å². The summed E-state index contributed by atoms with van der Waals surface area (Å²) in [7, 11) is 0. The van der Waals surface area contributed by atoms with Gasteiger partial charge in [-0.25, -0.2) is 4.98 Å². The normalized spacial score (nSPS) is 10.3. The quantitative estimate of drug-likeness (QED) is 0.633. The van der Waals surface area contributed by atoms with Crippen LogP contribution in [0.1, 0.15) is 12.5 Å². The molecule has 1 aromatic heterocycles. The number of hydrogen-bond donors (Lipinski definition) is 2. The van der Waals surface area contributed by atoms with E-state index >= 15 is 0 Å². The van der Waals surface area contributed by atoms with Crippen LogP contribution in [0.5, 0.6) is 5.75 Å². The number of nitrogens with one attached hydrogen (secondary N) is 2. The smallest absolute Gasteiger partial charge is 0.229 e. The van der Waals surface area contributed by atoms with E-state index in [1.165, 1.54) is 0 Å². The number of benzene rings is 2. The second-order valence-corrected chi connectivity index (χ2v) is 5.76. The standard InChI is InChI=1S/C19H19ClN4O/c1-2-25-17-9-7-16(8-10-17)23-19-21-12-11-18(24-19)22-13-14-3-5-15(20)6-4-14/h3-12H,2,13H2,1H3,(H2,21,22,23,24). The van der Waals surface area contributed by atoms with E-state index in [-0.39, 0.29) is 0 Å². The van der Waals surface area contributed by atoms with Gasteiger partial charge in [0.1, 0.15) is 11.6 Å². The molecule has 0 unspecified atom stereocenters. The first-order chi connectivity index (χ1) is 12.2. The van der Waals surface area contributed by atoms with Gasteiger partial charge in [0, 0.05) is 23.5 Å². The molecule has 0 spiro atoms. The van der Waals surface area contributed by atoms with Gasteiger partial charge in [0.15, 0.2) is 0 Å². The third-order valence-electron chi connectivity index (χ3n) is 3.46. The minimum absolute atomic E-state index is 0.533. The lowest BCUT2D eigenvalue weighted by Gasteiger charge is -2.09. The van der Waals surface area contributed by atoms with E-state index in [0.717, 1.165) is 27.8 Å². The summed E-state index contributed by atoms with van der Waals surface area (Å²) in [6.45, 7) is 3.27. The summed E-state index contributed by atoms with van der Waals surface area (Å²) in [5, 5.41) is 7.19. The van der Waals surface area contributed by atoms with Crippen LogP contribution < -0.4 is 15.4 Å². The first-order valence-electron chi connectivity index (χ1n) is 8.04. The molecule has 3 aromatic rings. The molecule has 0 atom stereocenters. The Bertz CT molecular complexity index is 806. The Balaban J connectivity index is 1.61. The molecule has 0 aliphatic rings. The number of hydrogen-bond acceptors (Lipinski definition) is 5. The van der Waals surface area contributed by atoms with Crippen LogP contribution in [-0.2, 0) is 6.54 Å². The lowest BCUT2D eigenvalue weighted by Crippen LogP contribution is -2.04. The molecule has 0 bridgehead atoms. The van der Waals surface area contributed by atoms with Gasteiger partial charge < -0.3 is 15.4 Å². The predicted octanol–water partition coefficient (Wildman–Crippen LogP) is 4.88. The first-order valence-corrected chi connectivity index (χ1v) is 8.42. The second kappa shape index (κ2) is 8.35. The van der Waals surface area contributed by atoms with Crippen molar-refractivity contribution in [1.82, 2.24) is 9.97 Å². The maximum Gasteiger partial charge on any atom is 0.229 e. The van der Waals surface area contributed by atoms with Crippen LogP contribution in [0.15, 0.2) is 60.8 Å². The van der Waals surface area contributed by atoms with Gasteiger partial charge >= 0.3 is 0 Å². The van der Waals surface area contributed by atoms with E-state index in [0.29, 0.717) is 19.1 Å². The van der Waals surface area contributed by atoms with Crippen LogP contribution in [0.4, 0.5) is 17.5 Å². The molecule has 0 saturated carbocycles. The highest BCUT2D eigenvalue weighted by Gasteiger charge is 2.01. The van der Waals surface area contributed by atoms with Crippen molar-refractivity contribution in [3.8, 4) is 5.75 Å². The average Bonchev–Trinajstić information content (AvgIpc) is 2.64. The molecule has 128 valence electrons.